The van der Waals surface area contributed by atoms with E-state index in [1.807, 2.05) is 36.4 Å². The molecule has 3 aromatic rings. The van der Waals surface area contributed by atoms with Gasteiger partial charge in [0, 0.05) is 11.7 Å². The van der Waals surface area contributed by atoms with Crippen LogP contribution in [0.25, 0.3) is 11.1 Å². The smallest absolute Gasteiger partial charge is 0.322 e. The molecule has 0 heterocycles. The second kappa shape index (κ2) is 12.2. The molecule has 1 saturated carbocycles. The van der Waals surface area contributed by atoms with Gasteiger partial charge in [-0.05, 0) is 60.2 Å². The molecule has 1 atom stereocenters. The molecule has 200 valence electrons. The minimum absolute atomic E-state index is 0.0470. The second-order valence-electron chi connectivity index (χ2n) is 9.13. The van der Waals surface area contributed by atoms with Crippen molar-refractivity contribution in [3.05, 3.63) is 82.3 Å². The number of rotatable bonds is 9. The molecule has 0 radical (unpaired) electrons. The Kier molecular flexibility index (Phi) is 8.94. The number of carbonyl (C=O) groups is 2. The van der Waals surface area contributed by atoms with E-state index in [1.54, 1.807) is 12.1 Å². The SMILES string of the molecule is O=C(Nc1cccc(-c2ccc(CC(NS(=O)(=O)c3cccc(Cl)c3Cl)C(=O)O)cc2)c1)NC1CCCC1. The number of aliphatic carboxylic acids is 1. The van der Waals surface area contributed by atoms with Crippen LogP contribution in [-0.2, 0) is 21.2 Å². The first kappa shape index (κ1) is 27.9. The van der Waals surface area contributed by atoms with Crippen molar-refractivity contribution in [2.24, 2.45) is 0 Å². The first-order valence-corrected chi connectivity index (χ1v) is 14.3. The van der Waals surface area contributed by atoms with Gasteiger partial charge in [-0.15, -0.1) is 0 Å². The molecular formula is C27H27Cl2N3O5S. The molecule has 0 bridgehead atoms. The highest BCUT2D eigenvalue weighted by molar-refractivity contribution is 7.89. The maximum atomic E-state index is 12.8. The Morgan fingerprint density at radius 2 is 1.63 bits per heavy atom. The normalized spacial score (nSPS) is 14.7. The predicted molar refractivity (Wildman–Crippen MR) is 148 cm³/mol. The topological polar surface area (TPSA) is 125 Å². The average molecular weight is 577 g/mol. The van der Waals surface area contributed by atoms with Gasteiger partial charge in [0.1, 0.15) is 10.9 Å². The minimum atomic E-state index is -4.24. The molecular weight excluding hydrogens is 549 g/mol. The van der Waals surface area contributed by atoms with Gasteiger partial charge in [0.05, 0.1) is 10.0 Å². The number of anilines is 1. The van der Waals surface area contributed by atoms with Crippen LogP contribution in [-0.4, -0.2) is 37.6 Å². The van der Waals surface area contributed by atoms with Crippen molar-refractivity contribution in [2.75, 3.05) is 5.32 Å². The maximum absolute atomic E-state index is 12.8. The van der Waals surface area contributed by atoms with Gasteiger partial charge in [-0.1, -0.05) is 78.5 Å². The summed E-state index contributed by atoms with van der Waals surface area (Å²) in [4.78, 5) is 23.9. The third kappa shape index (κ3) is 7.05. The van der Waals surface area contributed by atoms with E-state index >= 15 is 0 Å². The number of urea groups is 1. The Bertz CT molecular complexity index is 1420. The van der Waals surface area contributed by atoms with Gasteiger partial charge < -0.3 is 15.7 Å². The van der Waals surface area contributed by atoms with Crippen molar-refractivity contribution in [3.8, 4) is 11.1 Å². The molecule has 1 fully saturated rings. The molecule has 1 unspecified atom stereocenters. The number of carboxylic acid groups (broad SMARTS) is 1. The average Bonchev–Trinajstić information content (AvgIpc) is 3.38. The van der Waals surface area contributed by atoms with Gasteiger partial charge in [0.25, 0.3) is 0 Å². The van der Waals surface area contributed by atoms with Crippen LogP contribution in [0.1, 0.15) is 31.2 Å². The Morgan fingerprint density at radius 1 is 0.947 bits per heavy atom. The molecule has 1 aliphatic rings. The van der Waals surface area contributed by atoms with E-state index in [9.17, 15) is 23.1 Å². The molecule has 2 amide bonds. The van der Waals surface area contributed by atoms with Gasteiger partial charge in [-0.3, -0.25) is 4.79 Å². The molecule has 8 nitrogen and oxygen atoms in total. The largest absolute Gasteiger partial charge is 0.480 e. The fourth-order valence-corrected chi connectivity index (χ4v) is 6.34. The molecule has 3 aromatic carbocycles. The highest BCUT2D eigenvalue weighted by atomic mass is 35.5. The summed E-state index contributed by atoms with van der Waals surface area (Å²) >= 11 is 11.9. The molecule has 4 N–H and O–H groups in total. The number of carboxylic acids is 1. The summed E-state index contributed by atoms with van der Waals surface area (Å²) in [6.45, 7) is 0. The van der Waals surface area contributed by atoms with Crippen LogP contribution in [0.2, 0.25) is 10.0 Å². The Hall–Kier alpha value is -3.11. The van der Waals surface area contributed by atoms with Gasteiger partial charge in [-0.2, -0.15) is 4.72 Å². The van der Waals surface area contributed by atoms with Crippen LogP contribution in [0.15, 0.2) is 71.6 Å². The molecule has 38 heavy (non-hydrogen) atoms. The number of sulfonamides is 1. The lowest BCUT2D eigenvalue weighted by Crippen LogP contribution is -2.42. The summed E-state index contributed by atoms with van der Waals surface area (Å²) in [6.07, 6.45) is 4.17. The third-order valence-corrected chi connectivity index (χ3v) is 8.78. The van der Waals surface area contributed by atoms with Crippen molar-refractivity contribution in [2.45, 2.75) is 49.1 Å². The van der Waals surface area contributed by atoms with Gasteiger partial charge in [0.15, 0.2) is 0 Å². The van der Waals surface area contributed by atoms with E-state index in [1.165, 1.54) is 18.2 Å². The van der Waals surface area contributed by atoms with E-state index in [0.717, 1.165) is 36.8 Å². The van der Waals surface area contributed by atoms with E-state index in [4.69, 9.17) is 23.2 Å². The zero-order chi connectivity index (χ0) is 27.3. The van der Waals surface area contributed by atoms with E-state index < -0.39 is 22.0 Å². The zero-order valence-corrected chi connectivity index (χ0v) is 22.6. The van der Waals surface area contributed by atoms with E-state index in [2.05, 4.69) is 15.4 Å². The summed E-state index contributed by atoms with van der Waals surface area (Å²) in [5.74, 6) is -1.33. The van der Waals surface area contributed by atoms with Crippen LogP contribution in [0.4, 0.5) is 10.5 Å². The standard InChI is InChI=1S/C27H27Cl2N3O5S/c28-22-9-4-10-24(25(22)29)38(36,37)32-23(26(33)34)15-17-11-13-18(14-12-17)19-5-3-8-21(16-19)31-27(35)30-20-6-1-2-7-20/h3-5,8-14,16,20,23,32H,1-2,6-7,15H2,(H,33,34)(H2,30,31,35). The van der Waals surface area contributed by atoms with Crippen molar-refractivity contribution < 1.29 is 23.1 Å². The number of carbonyl (C=O) groups excluding carboxylic acids is 1. The Labute approximate surface area is 231 Å². The van der Waals surface area contributed by atoms with E-state index in [0.29, 0.717) is 11.3 Å². The number of benzene rings is 3. The fourth-order valence-electron chi connectivity index (χ4n) is 4.39. The van der Waals surface area contributed by atoms with Crippen molar-refractivity contribution in [1.82, 2.24) is 10.0 Å². The lowest BCUT2D eigenvalue weighted by Gasteiger charge is -2.16. The van der Waals surface area contributed by atoms with Gasteiger partial charge >= 0.3 is 12.0 Å². The first-order valence-electron chi connectivity index (χ1n) is 12.1. The predicted octanol–water partition coefficient (Wildman–Crippen LogP) is 5.70. The van der Waals surface area contributed by atoms with Crippen LogP contribution in [0.3, 0.4) is 0 Å². The fraction of sp³-hybridized carbons (Fsp3) is 0.259. The summed E-state index contributed by atoms with van der Waals surface area (Å²) in [5.41, 5.74) is 2.99. The number of hydrogen-bond donors (Lipinski definition) is 4. The minimum Gasteiger partial charge on any atom is -0.480 e. The molecule has 4 rings (SSSR count). The highest BCUT2D eigenvalue weighted by Gasteiger charge is 2.28. The van der Waals surface area contributed by atoms with Crippen LogP contribution >= 0.6 is 23.2 Å². The van der Waals surface area contributed by atoms with Crippen molar-refractivity contribution >= 4 is 50.9 Å². The quantitative estimate of drug-likeness (QED) is 0.260. The van der Waals surface area contributed by atoms with Gasteiger partial charge in [-0.25, -0.2) is 13.2 Å². The molecule has 11 heteroatoms. The summed E-state index contributed by atoms with van der Waals surface area (Å²) in [5, 5.41) is 15.4. The highest BCUT2D eigenvalue weighted by Crippen LogP contribution is 2.29. The lowest BCUT2D eigenvalue weighted by molar-refractivity contribution is -0.138. The number of halogens is 2. The molecule has 0 aromatic heterocycles. The summed E-state index contributed by atoms with van der Waals surface area (Å²) < 4.78 is 27.8. The van der Waals surface area contributed by atoms with Crippen LogP contribution < -0.4 is 15.4 Å². The number of hydrogen-bond acceptors (Lipinski definition) is 4. The number of nitrogens with one attached hydrogen (secondary N) is 3. The third-order valence-electron chi connectivity index (χ3n) is 6.34. The Balaban J connectivity index is 1.43. The molecule has 0 spiro atoms. The molecule has 0 aliphatic heterocycles. The monoisotopic (exact) mass is 575 g/mol. The van der Waals surface area contributed by atoms with Gasteiger partial charge in [0.2, 0.25) is 10.0 Å². The summed E-state index contributed by atoms with van der Waals surface area (Å²) in [7, 11) is -4.24. The molecule has 1 aliphatic carbocycles. The first-order chi connectivity index (χ1) is 18.1. The number of amides is 2. The van der Waals surface area contributed by atoms with Crippen molar-refractivity contribution in [1.29, 1.82) is 0 Å². The van der Waals surface area contributed by atoms with Crippen LogP contribution in [0.5, 0.6) is 0 Å². The maximum Gasteiger partial charge on any atom is 0.322 e. The summed E-state index contributed by atoms with van der Waals surface area (Å²) in [6, 6.07) is 17.2. The lowest BCUT2D eigenvalue weighted by atomic mass is 10.0. The molecule has 0 saturated heterocycles. The van der Waals surface area contributed by atoms with Crippen LogP contribution in [0, 0.1) is 0 Å². The van der Waals surface area contributed by atoms with E-state index in [-0.39, 0.29) is 33.4 Å². The zero-order valence-electron chi connectivity index (χ0n) is 20.3. The van der Waals surface area contributed by atoms with Crippen molar-refractivity contribution in [3.63, 3.8) is 0 Å². The second-order valence-corrected chi connectivity index (χ2v) is 11.6. The Morgan fingerprint density at radius 3 is 2.32 bits per heavy atom.